The third-order valence-electron chi connectivity index (χ3n) is 2.83. The molecule has 1 N–H and O–H groups in total. The third kappa shape index (κ3) is 1.54. The van der Waals surface area contributed by atoms with E-state index in [4.69, 9.17) is 0 Å². The number of hydrogen-bond donors (Lipinski definition) is 1. The summed E-state index contributed by atoms with van der Waals surface area (Å²) in [5.41, 5.74) is 0.694. The number of aliphatic hydroxyl groups excluding tert-OH is 1. The molecule has 15 heavy (non-hydrogen) atoms. The molecular formula is C10H12N2O3. The number of likely N-dealkylation sites (tertiary alicyclic amines) is 1. The minimum absolute atomic E-state index is 0.171. The van der Waals surface area contributed by atoms with Crippen LogP contribution >= 0.6 is 0 Å². The molecule has 3 unspecified atom stereocenters. The van der Waals surface area contributed by atoms with Gasteiger partial charge in [-0.3, -0.25) is 9.63 Å². The van der Waals surface area contributed by atoms with Crippen LogP contribution in [0.3, 0.4) is 0 Å². The number of hydrogen-bond acceptors (Lipinski definition) is 4. The predicted octanol–water partition coefficient (Wildman–Crippen LogP) is 0.358. The normalized spacial score (nSPS) is 35.8. The van der Waals surface area contributed by atoms with Crippen molar-refractivity contribution in [2.24, 2.45) is 0 Å². The van der Waals surface area contributed by atoms with Gasteiger partial charge in [0.05, 0.1) is 7.05 Å². The van der Waals surface area contributed by atoms with E-state index >= 15 is 0 Å². The largest absolute Gasteiger partial charge is 0.625 e. The minimum atomic E-state index is -1.15. The molecule has 2 heterocycles. The molecule has 0 aliphatic carbocycles. The average Bonchev–Trinajstić information content (AvgIpc) is 2.43. The van der Waals surface area contributed by atoms with Gasteiger partial charge in [-0.25, -0.2) is 4.79 Å². The Morgan fingerprint density at radius 2 is 2.40 bits per heavy atom. The maximum Gasteiger partial charge on any atom is 0.342 e. The lowest BCUT2D eigenvalue weighted by atomic mass is 10.1. The Hall–Kier alpha value is -1.30. The van der Waals surface area contributed by atoms with Crippen LogP contribution in [0, 0.1) is 5.21 Å². The van der Waals surface area contributed by atoms with E-state index in [1.165, 1.54) is 7.05 Å². The summed E-state index contributed by atoms with van der Waals surface area (Å²) in [5, 5.41) is 21.4. The number of quaternary nitrogens is 1. The lowest BCUT2D eigenvalue weighted by Crippen LogP contribution is -2.43. The number of nitrogens with zero attached hydrogens (tertiary/aromatic N) is 2. The summed E-state index contributed by atoms with van der Waals surface area (Å²) < 4.78 is -1.05. The lowest BCUT2D eigenvalue weighted by molar-refractivity contribution is -0.807. The Morgan fingerprint density at radius 1 is 1.67 bits per heavy atom. The van der Waals surface area contributed by atoms with Crippen LogP contribution in [-0.4, -0.2) is 33.8 Å². The Labute approximate surface area is 87.1 Å². The highest BCUT2D eigenvalue weighted by molar-refractivity contribution is 5.76. The van der Waals surface area contributed by atoms with E-state index in [1.54, 1.807) is 24.5 Å². The third-order valence-corrected chi connectivity index (χ3v) is 2.83. The van der Waals surface area contributed by atoms with Crippen molar-refractivity contribution in [2.75, 3.05) is 7.05 Å². The summed E-state index contributed by atoms with van der Waals surface area (Å²) in [6, 6.07) is 2.92. The van der Waals surface area contributed by atoms with E-state index in [-0.39, 0.29) is 6.42 Å². The first-order valence-electron chi connectivity index (χ1n) is 4.73. The first-order valence-corrected chi connectivity index (χ1v) is 4.73. The molecule has 0 spiro atoms. The molecule has 1 aliphatic heterocycles. The zero-order chi connectivity index (χ0) is 11.1. The molecule has 1 saturated heterocycles. The first-order chi connectivity index (χ1) is 7.03. The van der Waals surface area contributed by atoms with Crippen LogP contribution in [0.5, 0.6) is 0 Å². The van der Waals surface area contributed by atoms with Gasteiger partial charge < -0.3 is 10.3 Å². The Balaban J connectivity index is 2.36. The fourth-order valence-corrected chi connectivity index (χ4v) is 1.96. The van der Waals surface area contributed by atoms with Crippen LogP contribution in [0.1, 0.15) is 18.0 Å². The van der Waals surface area contributed by atoms with Crippen LogP contribution in [0.15, 0.2) is 24.5 Å². The number of aliphatic hydroxyl groups is 1. The minimum Gasteiger partial charge on any atom is -0.625 e. The summed E-state index contributed by atoms with van der Waals surface area (Å²) >= 11 is 0. The molecule has 0 aromatic carbocycles. The number of rotatable bonds is 1. The van der Waals surface area contributed by atoms with Crippen molar-refractivity contribution in [3.05, 3.63) is 35.3 Å². The number of aromatic nitrogens is 1. The Kier molecular flexibility index (Phi) is 2.30. The maximum atomic E-state index is 12.0. The van der Waals surface area contributed by atoms with Gasteiger partial charge in [0.15, 0.2) is 6.10 Å². The number of pyridine rings is 1. The quantitative estimate of drug-likeness (QED) is 0.534. The van der Waals surface area contributed by atoms with E-state index in [1.807, 2.05) is 0 Å². The highest BCUT2D eigenvalue weighted by Crippen LogP contribution is 2.37. The van der Waals surface area contributed by atoms with Gasteiger partial charge in [0.1, 0.15) is 6.04 Å². The number of likely N-dealkylation sites (N-methyl/N-ethyl adjacent to an activating group) is 1. The highest BCUT2D eigenvalue weighted by Gasteiger charge is 2.47. The first kappa shape index (κ1) is 10.2. The standard InChI is InChI=1S/C10H12N2O3/c1-12(15)8(5-9(13)10(12)14)7-3-2-4-11-6-7/h2-4,6,8-9,13H,5H2,1H3. The van der Waals surface area contributed by atoms with Gasteiger partial charge in [0, 0.05) is 24.4 Å². The molecule has 1 aliphatic rings. The van der Waals surface area contributed by atoms with Crippen LogP contribution in [0.4, 0.5) is 0 Å². The van der Waals surface area contributed by atoms with Crippen molar-refractivity contribution in [2.45, 2.75) is 18.6 Å². The predicted molar refractivity (Wildman–Crippen MR) is 52.2 cm³/mol. The van der Waals surface area contributed by atoms with Gasteiger partial charge in [-0.05, 0) is 12.1 Å². The van der Waals surface area contributed by atoms with Crippen LogP contribution in [0.25, 0.3) is 0 Å². The second-order valence-corrected chi connectivity index (χ2v) is 3.88. The molecule has 0 radical (unpaired) electrons. The fourth-order valence-electron chi connectivity index (χ4n) is 1.96. The molecule has 80 valence electrons. The zero-order valence-electron chi connectivity index (χ0n) is 8.33. The molecule has 1 amide bonds. The van der Waals surface area contributed by atoms with E-state index in [0.717, 1.165) is 0 Å². The summed E-state index contributed by atoms with van der Waals surface area (Å²) in [4.78, 5) is 15.3. The van der Waals surface area contributed by atoms with Gasteiger partial charge in [0.2, 0.25) is 0 Å². The molecule has 5 heteroatoms. The molecule has 1 fully saturated rings. The van der Waals surface area contributed by atoms with Gasteiger partial charge >= 0.3 is 5.91 Å². The number of hydroxylamine groups is 3. The summed E-state index contributed by atoms with van der Waals surface area (Å²) in [7, 11) is 1.27. The second kappa shape index (κ2) is 3.37. The summed E-state index contributed by atoms with van der Waals surface area (Å²) in [5.74, 6) is -0.677. The zero-order valence-corrected chi connectivity index (χ0v) is 8.33. The van der Waals surface area contributed by atoms with E-state index < -0.39 is 22.7 Å². The molecule has 1 aromatic rings. The van der Waals surface area contributed by atoms with Crippen LogP contribution < -0.4 is 0 Å². The molecule has 0 bridgehead atoms. The van der Waals surface area contributed by atoms with Crippen molar-refractivity contribution in [3.63, 3.8) is 0 Å². The van der Waals surface area contributed by atoms with Crippen molar-refractivity contribution in [1.29, 1.82) is 0 Å². The Bertz CT molecular complexity index is 378. The number of carbonyl (C=O) groups excluding carboxylic acids is 1. The van der Waals surface area contributed by atoms with Crippen molar-refractivity contribution >= 4 is 5.91 Å². The van der Waals surface area contributed by atoms with E-state index in [0.29, 0.717) is 5.56 Å². The van der Waals surface area contributed by atoms with E-state index in [9.17, 15) is 15.1 Å². The molecule has 0 saturated carbocycles. The topological polar surface area (TPSA) is 73.2 Å². The molecule has 5 nitrogen and oxygen atoms in total. The van der Waals surface area contributed by atoms with Gasteiger partial charge in [-0.2, -0.15) is 0 Å². The number of amides is 1. The summed E-state index contributed by atoms with van der Waals surface area (Å²) in [6.07, 6.45) is 2.18. The van der Waals surface area contributed by atoms with Gasteiger partial charge in [-0.1, -0.05) is 0 Å². The monoisotopic (exact) mass is 208 g/mol. The fraction of sp³-hybridized carbons (Fsp3) is 0.400. The number of carbonyl (C=O) groups is 1. The lowest BCUT2D eigenvalue weighted by Gasteiger charge is -2.36. The van der Waals surface area contributed by atoms with Crippen molar-refractivity contribution < 1.29 is 14.5 Å². The highest BCUT2D eigenvalue weighted by atomic mass is 16.6. The molecule has 1 aromatic heterocycles. The van der Waals surface area contributed by atoms with Crippen LogP contribution in [-0.2, 0) is 4.79 Å². The summed E-state index contributed by atoms with van der Waals surface area (Å²) in [6.45, 7) is 0. The van der Waals surface area contributed by atoms with Gasteiger partial charge in [0.25, 0.3) is 0 Å². The maximum absolute atomic E-state index is 12.0. The smallest absolute Gasteiger partial charge is 0.342 e. The van der Waals surface area contributed by atoms with Gasteiger partial charge in [-0.15, -0.1) is 0 Å². The Morgan fingerprint density at radius 3 is 2.87 bits per heavy atom. The average molecular weight is 208 g/mol. The van der Waals surface area contributed by atoms with Crippen molar-refractivity contribution in [3.8, 4) is 0 Å². The molecular weight excluding hydrogens is 196 g/mol. The molecule has 3 atom stereocenters. The second-order valence-electron chi connectivity index (χ2n) is 3.88. The molecule has 2 rings (SSSR count). The SMILES string of the molecule is C[N+]1([O-])C(=O)C(O)CC1c1cccnc1. The van der Waals surface area contributed by atoms with Crippen molar-refractivity contribution in [1.82, 2.24) is 4.98 Å². The van der Waals surface area contributed by atoms with Crippen LogP contribution in [0.2, 0.25) is 0 Å². The van der Waals surface area contributed by atoms with E-state index in [2.05, 4.69) is 4.98 Å².